The number of carbonyl (C=O) groups excluding carboxylic acids is 2. The minimum atomic E-state index is -0.942. The van der Waals surface area contributed by atoms with Crippen molar-refractivity contribution in [3.8, 4) is 0 Å². The molecule has 0 radical (unpaired) electrons. The maximum absolute atomic E-state index is 12.4. The molecule has 0 spiro atoms. The van der Waals surface area contributed by atoms with Crippen LogP contribution in [-0.4, -0.2) is 34.2 Å². The van der Waals surface area contributed by atoms with Gasteiger partial charge in [-0.15, -0.1) is 11.3 Å². The van der Waals surface area contributed by atoms with Crippen LogP contribution in [-0.2, 0) is 11.2 Å². The first kappa shape index (κ1) is 23.0. The van der Waals surface area contributed by atoms with Gasteiger partial charge in [-0.25, -0.2) is 9.59 Å². The zero-order valence-electron chi connectivity index (χ0n) is 17.5. The quantitative estimate of drug-likeness (QED) is 0.349. The highest BCUT2D eigenvalue weighted by molar-refractivity contribution is 7.13. The molecule has 0 saturated carbocycles. The number of unbranched alkanes of at least 4 members (excludes halogenated alkanes) is 2. The first-order valence-corrected chi connectivity index (χ1v) is 11.5. The van der Waals surface area contributed by atoms with Crippen LogP contribution in [0.1, 0.15) is 71.7 Å². The lowest BCUT2D eigenvalue weighted by atomic mass is 10.0. The van der Waals surface area contributed by atoms with E-state index >= 15 is 0 Å². The fourth-order valence-electron chi connectivity index (χ4n) is 3.77. The lowest BCUT2D eigenvalue weighted by molar-refractivity contribution is -0.120. The summed E-state index contributed by atoms with van der Waals surface area (Å²) < 4.78 is 0. The predicted molar refractivity (Wildman–Crippen MR) is 120 cm³/mol. The predicted octanol–water partition coefficient (Wildman–Crippen LogP) is 4.51. The lowest BCUT2D eigenvalue weighted by Gasteiger charge is -2.22. The van der Waals surface area contributed by atoms with E-state index in [2.05, 4.69) is 12.2 Å². The third-order valence-electron chi connectivity index (χ3n) is 5.47. The summed E-state index contributed by atoms with van der Waals surface area (Å²) >= 11 is 1.23. The smallest absolute Gasteiger partial charge is 0.345 e. The number of carbonyl (C=O) groups is 3. The molecule has 3 rings (SSSR count). The molecule has 3 N–H and O–H groups in total. The fourth-order valence-corrected chi connectivity index (χ4v) is 4.66. The number of nitrogens with zero attached hydrogens (tertiary/aromatic N) is 1. The number of nitrogens with one attached hydrogen (secondary N) is 1. The van der Waals surface area contributed by atoms with Crippen LogP contribution in [0.5, 0.6) is 0 Å². The molecule has 2 atom stereocenters. The highest BCUT2D eigenvalue weighted by atomic mass is 32.1. The van der Waals surface area contributed by atoms with Gasteiger partial charge in [-0.3, -0.25) is 15.0 Å². The Hall–Kier alpha value is -2.71. The van der Waals surface area contributed by atoms with E-state index in [4.69, 9.17) is 5.11 Å². The minimum Gasteiger partial charge on any atom is -0.477 e. The number of thiophene rings is 1. The van der Waals surface area contributed by atoms with Gasteiger partial charge >= 0.3 is 12.0 Å². The molecule has 7 nitrogen and oxygen atoms in total. The number of carboxylic acid groups (broad SMARTS) is 1. The van der Waals surface area contributed by atoms with Crippen LogP contribution in [0.4, 0.5) is 10.5 Å². The molecule has 0 unspecified atom stereocenters. The van der Waals surface area contributed by atoms with Crippen molar-refractivity contribution in [3.63, 3.8) is 0 Å². The molecule has 0 aliphatic carbocycles. The van der Waals surface area contributed by atoms with Gasteiger partial charge in [0.15, 0.2) is 0 Å². The number of benzene rings is 1. The van der Waals surface area contributed by atoms with Crippen LogP contribution in [0.3, 0.4) is 0 Å². The largest absolute Gasteiger partial charge is 0.477 e. The minimum absolute atomic E-state index is 0.294. The van der Waals surface area contributed by atoms with E-state index in [-0.39, 0.29) is 5.91 Å². The summed E-state index contributed by atoms with van der Waals surface area (Å²) in [5.41, 5.74) is 1.41. The van der Waals surface area contributed by atoms with E-state index in [1.165, 1.54) is 16.2 Å². The number of aryl methyl sites for hydroxylation is 1. The summed E-state index contributed by atoms with van der Waals surface area (Å²) in [4.78, 5) is 38.4. The Morgan fingerprint density at radius 1 is 1.13 bits per heavy atom. The van der Waals surface area contributed by atoms with Crippen molar-refractivity contribution in [1.29, 1.82) is 0 Å². The zero-order valence-corrected chi connectivity index (χ0v) is 18.4. The average molecular weight is 445 g/mol. The SMILES string of the molecule is CCCCC[C@@H](O)c1ccc(N2C(=O)NC(=O)[C@@H]2CCCc2ccc(C(=O)O)s2)cc1. The second-order valence-corrected chi connectivity index (χ2v) is 8.91. The number of amides is 3. The van der Waals surface area contributed by atoms with E-state index < -0.39 is 24.1 Å². The molecule has 1 fully saturated rings. The molecule has 1 aliphatic heterocycles. The number of carboxylic acids is 1. The monoisotopic (exact) mass is 444 g/mol. The molecule has 1 aromatic heterocycles. The number of aromatic carboxylic acids is 1. The maximum Gasteiger partial charge on any atom is 0.345 e. The molecule has 1 aromatic carbocycles. The van der Waals surface area contributed by atoms with E-state index in [1.54, 1.807) is 36.4 Å². The molecule has 8 heteroatoms. The number of anilines is 1. The molecule has 2 aromatic rings. The standard InChI is InChI=1S/C23H28N2O5S/c1-2-3-4-8-19(26)15-9-11-16(12-10-15)25-18(21(27)24-23(25)30)7-5-6-17-13-14-20(31-17)22(28)29/h9-14,18-19,26H,2-8H2,1H3,(H,28,29)(H,24,27,30)/t18-,19+/m0/s1. The summed E-state index contributed by atoms with van der Waals surface area (Å²) in [5, 5.41) is 21.7. The number of aliphatic hydroxyl groups excluding tert-OH is 1. The normalized spacial score (nSPS) is 17.1. The van der Waals surface area contributed by atoms with Gasteiger partial charge in [0.05, 0.1) is 6.10 Å². The van der Waals surface area contributed by atoms with Gasteiger partial charge in [-0.1, -0.05) is 38.3 Å². The summed E-state index contributed by atoms with van der Waals surface area (Å²) in [6.45, 7) is 2.12. The third-order valence-corrected chi connectivity index (χ3v) is 6.61. The van der Waals surface area contributed by atoms with Gasteiger partial charge in [-0.2, -0.15) is 0 Å². The summed E-state index contributed by atoms with van der Waals surface area (Å²) in [6.07, 6.45) is 5.07. The van der Waals surface area contributed by atoms with Crippen LogP contribution >= 0.6 is 11.3 Å². The Morgan fingerprint density at radius 2 is 1.87 bits per heavy atom. The van der Waals surface area contributed by atoms with E-state index in [0.717, 1.165) is 29.7 Å². The first-order valence-electron chi connectivity index (χ1n) is 10.6. The summed E-state index contributed by atoms with van der Waals surface area (Å²) in [5.74, 6) is -1.27. The maximum atomic E-state index is 12.4. The zero-order chi connectivity index (χ0) is 22.4. The van der Waals surface area contributed by atoms with Crippen LogP contribution in [0.2, 0.25) is 0 Å². The first-order chi connectivity index (χ1) is 14.9. The van der Waals surface area contributed by atoms with Gasteiger partial charge in [-0.05, 0) is 55.5 Å². The molecule has 3 amide bonds. The molecular formula is C23H28N2O5S. The molecule has 2 heterocycles. The Kier molecular flexibility index (Phi) is 7.81. The van der Waals surface area contributed by atoms with Crippen LogP contribution in [0.15, 0.2) is 36.4 Å². The van der Waals surface area contributed by atoms with Gasteiger partial charge in [0.2, 0.25) is 0 Å². The Bertz CT molecular complexity index is 924. The lowest BCUT2D eigenvalue weighted by Crippen LogP contribution is -2.35. The average Bonchev–Trinajstić information content (AvgIpc) is 3.33. The Morgan fingerprint density at radius 3 is 2.52 bits per heavy atom. The summed E-state index contributed by atoms with van der Waals surface area (Å²) in [6, 6.07) is 9.46. The molecular weight excluding hydrogens is 416 g/mol. The fraction of sp³-hybridized carbons (Fsp3) is 0.435. The van der Waals surface area contributed by atoms with Crippen molar-refractivity contribution in [3.05, 3.63) is 51.7 Å². The Labute approximate surface area is 185 Å². The summed E-state index contributed by atoms with van der Waals surface area (Å²) in [7, 11) is 0. The molecule has 31 heavy (non-hydrogen) atoms. The highest BCUT2D eigenvalue weighted by Gasteiger charge is 2.38. The van der Waals surface area contributed by atoms with E-state index in [1.807, 2.05) is 0 Å². The molecule has 1 aliphatic rings. The van der Waals surface area contributed by atoms with Crippen molar-refractivity contribution in [1.82, 2.24) is 5.32 Å². The molecule has 0 bridgehead atoms. The van der Waals surface area contributed by atoms with E-state index in [0.29, 0.717) is 36.2 Å². The molecule has 166 valence electrons. The number of hydrogen-bond donors (Lipinski definition) is 3. The number of rotatable bonds is 11. The van der Waals surface area contributed by atoms with Crippen molar-refractivity contribution < 1.29 is 24.6 Å². The number of imide groups is 1. The number of hydrogen-bond acceptors (Lipinski definition) is 5. The van der Waals surface area contributed by atoms with Crippen molar-refractivity contribution in [2.75, 3.05) is 4.90 Å². The molecule has 1 saturated heterocycles. The third kappa shape index (κ3) is 5.71. The van der Waals surface area contributed by atoms with Crippen molar-refractivity contribution in [2.45, 2.75) is 64.0 Å². The van der Waals surface area contributed by atoms with Crippen LogP contribution < -0.4 is 10.2 Å². The van der Waals surface area contributed by atoms with Crippen LogP contribution in [0.25, 0.3) is 0 Å². The second-order valence-electron chi connectivity index (χ2n) is 7.75. The number of urea groups is 1. The van der Waals surface area contributed by atoms with Gasteiger partial charge in [0.25, 0.3) is 5.91 Å². The van der Waals surface area contributed by atoms with Crippen molar-refractivity contribution >= 4 is 34.9 Å². The Balaban J connectivity index is 1.62. The highest BCUT2D eigenvalue weighted by Crippen LogP contribution is 2.28. The second kappa shape index (κ2) is 10.5. The van der Waals surface area contributed by atoms with Gasteiger partial charge < -0.3 is 10.2 Å². The van der Waals surface area contributed by atoms with E-state index in [9.17, 15) is 19.5 Å². The van der Waals surface area contributed by atoms with Gasteiger partial charge in [0.1, 0.15) is 10.9 Å². The van der Waals surface area contributed by atoms with Crippen LogP contribution in [0, 0.1) is 0 Å². The number of aliphatic hydroxyl groups is 1. The van der Waals surface area contributed by atoms with Gasteiger partial charge in [0, 0.05) is 10.6 Å². The van der Waals surface area contributed by atoms with Crippen molar-refractivity contribution in [2.24, 2.45) is 0 Å². The topological polar surface area (TPSA) is 107 Å².